The van der Waals surface area contributed by atoms with Gasteiger partial charge in [0.15, 0.2) is 5.78 Å². The van der Waals surface area contributed by atoms with Crippen molar-refractivity contribution in [3.05, 3.63) is 53.3 Å². The second-order valence-corrected chi connectivity index (χ2v) is 5.78. The van der Waals surface area contributed by atoms with Crippen LogP contribution in [0, 0.1) is 6.92 Å². The number of ketones is 1. The van der Waals surface area contributed by atoms with Crippen LogP contribution in [-0.4, -0.2) is 15.8 Å². The first kappa shape index (κ1) is 13.7. The second-order valence-electron chi connectivity index (χ2n) is 5.78. The summed E-state index contributed by atoms with van der Waals surface area (Å²) in [5, 5.41) is 3.46. The number of anilines is 1. The Balaban J connectivity index is 1.83. The molecule has 0 aliphatic heterocycles. The molecule has 0 radical (unpaired) electrons. The number of aromatic nitrogens is 2. The highest BCUT2D eigenvalue weighted by Gasteiger charge is 2.39. The topological polar surface area (TPSA) is 54.9 Å². The largest absolute Gasteiger partial charge is 0.345 e. The summed E-state index contributed by atoms with van der Waals surface area (Å²) in [5.41, 5.74) is 3.01. The van der Waals surface area contributed by atoms with Gasteiger partial charge in [-0.25, -0.2) is 9.97 Å². The molecular formula is C17H19N3O. The van der Waals surface area contributed by atoms with Crippen LogP contribution in [0.3, 0.4) is 0 Å². The molecule has 0 unspecified atom stereocenters. The van der Waals surface area contributed by atoms with Crippen molar-refractivity contribution in [3.8, 4) is 0 Å². The molecular weight excluding hydrogens is 262 g/mol. The standard InChI is InChI=1S/C17H19N3O/c1-12-4-6-15(7-5-12)17(8-3-9-17)20-16-18-10-14(11-19-16)13(2)21/h4-7,10-11H,3,8-9H2,1-2H3,(H,18,19,20). The Bertz CT molecular complexity index is 643. The molecule has 0 spiro atoms. The molecule has 1 aliphatic rings. The van der Waals surface area contributed by atoms with E-state index in [1.165, 1.54) is 24.5 Å². The van der Waals surface area contributed by atoms with Crippen LogP contribution in [0.5, 0.6) is 0 Å². The second kappa shape index (κ2) is 5.28. The molecule has 108 valence electrons. The fourth-order valence-corrected chi connectivity index (χ4v) is 2.68. The summed E-state index contributed by atoms with van der Waals surface area (Å²) < 4.78 is 0. The fourth-order valence-electron chi connectivity index (χ4n) is 2.68. The lowest BCUT2D eigenvalue weighted by Crippen LogP contribution is -2.42. The molecule has 1 aromatic carbocycles. The highest BCUT2D eigenvalue weighted by atomic mass is 16.1. The number of carbonyl (C=O) groups is 1. The molecule has 1 fully saturated rings. The maximum atomic E-state index is 11.3. The molecule has 1 saturated carbocycles. The van der Waals surface area contributed by atoms with E-state index in [4.69, 9.17) is 0 Å². The third-order valence-electron chi connectivity index (χ3n) is 4.22. The minimum absolute atomic E-state index is 0.0153. The number of nitrogens with zero attached hydrogens (tertiary/aromatic N) is 2. The minimum Gasteiger partial charge on any atom is -0.345 e. The van der Waals surface area contributed by atoms with Crippen LogP contribution in [0.1, 0.15) is 47.7 Å². The summed E-state index contributed by atoms with van der Waals surface area (Å²) in [6.07, 6.45) is 6.52. The number of carbonyl (C=O) groups excluding carboxylic acids is 1. The quantitative estimate of drug-likeness (QED) is 0.872. The lowest BCUT2D eigenvalue weighted by molar-refractivity contribution is 0.101. The van der Waals surface area contributed by atoms with Crippen molar-refractivity contribution in [2.45, 2.75) is 38.6 Å². The molecule has 1 heterocycles. The van der Waals surface area contributed by atoms with Crippen LogP contribution in [0.4, 0.5) is 5.95 Å². The Labute approximate surface area is 124 Å². The summed E-state index contributed by atoms with van der Waals surface area (Å²) in [4.78, 5) is 19.8. The maximum Gasteiger partial charge on any atom is 0.223 e. The van der Waals surface area contributed by atoms with Gasteiger partial charge < -0.3 is 5.32 Å². The predicted molar refractivity (Wildman–Crippen MR) is 82.4 cm³/mol. The lowest BCUT2D eigenvalue weighted by atomic mass is 9.72. The van der Waals surface area contributed by atoms with Crippen LogP contribution >= 0.6 is 0 Å². The van der Waals surface area contributed by atoms with Crippen molar-refractivity contribution in [3.63, 3.8) is 0 Å². The number of rotatable bonds is 4. The summed E-state index contributed by atoms with van der Waals surface area (Å²) in [7, 11) is 0. The summed E-state index contributed by atoms with van der Waals surface area (Å²) in [5.74, 6) is 0.568. The van der Waals surface area contributed by atoms with Gasteiger partial charge in [-0.1, -0.05) is 29.8 Å². The first-order chi connectivity index (χ1) is 10.1. The molecule has 0 amide bonds. The molecule has 0 saturated heterocycles. The molecule has 3 rings (SSSR count). The summed E-state index contributed by atoms with van der Waals surface area (Å²) >= 11 is 0. The third-order valence-corrected chi connectivity index (χ3v) is 4.22. The lowest BCUT2D eigenvalue weighted by Gasteiger charge is -2.43. The molecule has 4 heteroatoms. The number of hydrogen-bond acceptors (Lipinski definition) is 4. The minimum atomic E-state index is -0.0640. The van der Waals surface area contributed by atoms with E-state index in [2.05, 4.69) is 46.5 Å². The van der Waals surface area contributed by atoms with Crippen LogP contribution in [0.2, 0.25) is 0 Å². The van der Waals surface area contributed by atoms with Crippen molar-refractivity contribution < 1.29 is 4.79 Å². The van der Waals surface area contributed by atoms with Gasteiger partial charge in [0.25, 0.3) is 0 Å². The van der Waals surface area contributed by atoms with Crippen LogP contribution < -0.4 is 5.32 Å². The van der Waals surface area contributed by atoms with Gasteiger partial charge in [-0.3, -0.25) is 4.79 Å². The van der Waals surface area contributed by atoms with E-state index >= 15 is 0 Å². The van der Waals surface area contributed by atoms with Gasteiger partial charge in [-0.15, -0.1) is 0 Å². The number of nitrogens with one attached hydrogen (secondary N) is 1. The molecule has 2 aromatic rings. The summed E-state index contributed by atoms with van der Waals surface area (Å²) in [6.45, 7) is 3.61. The Morgan fingerprint density at radius 1 is 1.14 bits per heavy atom. The van der Waals surface area contributed by atoms with E-state index in [1.54, 1.807) is 12.4 Å². The average Bonchev–Trinajstić information content (AvgIpc) is 2.44. The van der Waals surface area contributed by atoms with Gasteiger partial charge in [-0.2, -0.15) is 0 Å². The van der Waals surface area contributed by atoms with Gasteiger partial charge in [0.05, 0.1) is 11.1 Å². The van der Waals surface area contributed by atoms with E-state index < -0.39 is 0 Å². The van der Waals surface area contributed by atoms with E-state index in [1.807, 2.05) is 0 Å². The molecule has 4 nitrogen and oxygen atoms in total. The van der Waals surface area contributed by atoms with E-state index in [-0.39, 0.29) is 11.3 Å². The Hall–Kier alpha value is -2.23. The number of benzene rings is 1. The van der Waals surface area contributed by atoms with E-state index in [0.717, 1.165) is 12.8 Å². The van der Waals surface area contributed by atoms with Crippen molar-refractivity contribution in [1.29, 1.82) is 0 Å². The monoisotopic (exact) mass is 281 g/mol. The van der Waals surface area contributed by atoms with Gasteiger partial charge in [-0.05, 0) is 38.7 Å². The van der Waals surface area contributed by atoms with Crippen molar-refractivity contribution in [2.24, 2.45) is 0 Å². The van der Waals surface area contributed by atoms with Gasteiger partial charge in [0.2, 0.25) is 5.95 Å². The van der Waals surface area contributed by atoms with E-state index in [0.29, 0.717) is 11.5 Å². The van der Waals surface area contributed by atoms with Gasteiger partial charge >= 0.3 is 0 Å². The number of aryl methyl sites for hydroxylation is 1. The molecule has 0 atom stereocenters. The van der Waals surface area contributed by atoms with Gasteiger partial charge in [0, 0.05) is 12.4 Å². The number of Topliss-reactive ketones (excluding diaryl/α,β-unsaturated/α-hetero) is 1. The maximum absolute atomic E-state index is 11.3. The first-order valence-corrected chi connectivity index (χ1v) is 7.27. The fraction of sp³-hybridized carbons (Fsp3) is 0.353. The Morgan fingerprint density at radius 3 is 2.24 bits per heavy atom. The van der Waals surface area contributed by atoms with Crippen molar-refractivity contribution in [2.75, 3.05) is 5.32 Å². The molecule has 1 N–H and O–H groups in total. The Kier molecular flexibility index (Phi) is 3.45. The smallest absolute Gasteiger partial charge is 0.223 e. The molecule has 1 aliphatic carbocycles. The molecule has 1 aromatic heterocycles. The van der Waals surface area contributed by atoms with Crippen LogP contribution in [0.25, 0.3) is 0 Å². The van der Waals surface area contributed by atoms with E-state index in [9.17, 15) is 4.79 Å². The van der Waals surface area contributed by atoms with Gasteiger partial charge in [0.1, 0.15) is 0 Å². The highest BCUT2D eigenvalue weighted by molar-refractivity contribution is 5.93. The average molecular weight is 281 g/mol. The zero-order valence-corrected chi connectivity index (χ0v) is 12.4. The van der Waals surface area contributed by atoms with Crippen molar-refractivity contribution >= 4 is 11.7 Å². The molecule has 0 bridgehead atoms. The predicted octanol–water partition coefficient (Wildman–Crippen LogP) is 3.48. The van der Waals surface area contributed by atoms with Crippen molar-refractivity contribution in [1.82, 2.24) is 9.97 Å². The summed E-state index contributed by atoms with van der Waals surface area (Å²) in [6, 6.07) is 8.62. The zero-order valence-electron chi connectivity index (χ0n) is 12.4. The van der Waals surface area contributed by atoms with Crippen LogP contribution in [-0.2, 0) is 5.54 Å². The Morgan fingerprint density at radius 2 is 1.76 bits per heavy atom. The highest BCUT2D eigenvalue weighted by Crippen LogP contribution is 2.43. The SMILES string of the molecule is CC(=O)c1cnc(NC2(c3ccc(C)cc3)CCC2)nc1. The number of hydrogen-bond donors (Lipinski definition) is 1. The third kappa shape index (κ3) is 2.66. The normalized spacial score (nSPS) is 16.1. The molecule has 21 heavy (non-hydrogen) atoms. The first-order valence-electron chi connectivity index (χ1n) is 7.27. The van der Waals surface area contributed by atoms with Crippen LogP contribution in [0.15, 0.2) is 36.7 Å². The zero-order chi connectivity index (χ0) is 14.9.